The van der Waals surface area contributed by atoms with Crippen molar-refractivity contribution in [3.63, 3.8) is 0 Å². The number of benzene rings is 2. The molecule has 0 radical (unpaired) electrons. The van der Waals surface area contributed by atoms with Crippen LogP contribution in [0.1, 0.15) is 34.5 Å². The molecule has 3 nitrogen and oxygen atoms in total. The number of hydrogen-bond donors (Lipinski definition) is 1. The van der Waals surface area contributed by atoms with Gasteiger partial charge in [-0.25, -0.2) is 0 Å². The fourth-order valence-corrected chi connectivity index (χ4v) is 3.12. The Bertz CT molecular complexity index is 877. The lowest BCUT2D eigenvalue weighted by Crippen LogP contribution is -2.27. The zero-order valence-electron chi connectivity index (χ0n) is 13.7. The summed E-state index contributed by atoms with van der Waals surface area (Å²) in [6, 6.07) is 17.9. The second-order valence-electron chi connectivity index (χ2n) is 5.99. The first-order valence-corrected chi connectivity index (χ1v) is 8.74. The average Bonchev–Trinajstić information content (AvgIpc) is 2.59. The van der Waals surface area contributed by atoms with Crippen LogP contribution in [0.4, 0.5) is 0 Å². The van der Waals surface area contributed by atoms with Crippen LogP contribution in [0.15, 0.2) is 59.1 Å². The van der Waals surface area contributed by atoms with Gasteiger partial charge in [0, 0.05) is 22.1 Å². The number of carbonyl (C=O) groups is 1. The summed E-state index contributed by atoms with van der Waals surface area (Å²) in [6.07, 6.45) is 0. The Balaban J connectivity index is 1.82. The number of nitrogens with one attached hydrogen (secondary N) is 1. The molecule has 1 atom stereocenters. The number of fused-ring (bicyclic) bond motifs is 1. The van der Waals surface area contributed by atoms with Gasteiger partial charge < -0.3 is 5.32 Å². The monoisotopic (exact) mass is 382 g/mol. The van der Waals surface area contributed by atoms with Crippen molar-refractivity contribution in [2.75, 3.05) is 6.54 Å². The quantitative estimate of drug-likeness (QED) is 0.701. The van der Waals surface area contributed by atoms with Crippen LogP contribution in [0, 0.1) is 6.92 Å². The molecule has 122 valence electrons. The van der Waals surface area contributed by atoms with Crippen LogP contribution in [0.25, 0.3) is 10.9 Å². The van der Waals surface area contributed by atoms with E-state index in [9.17, 15) is 4.79 Å². The lowest BCUT2D eigenvalue weighted by Gasteiger charge is -2.14. The molecule has 2 aromatic carbocycles. The molecule has 1 heterocycles. The number of halogens is 1. The predicted molar refractivity (Wildman–Crippen MR) is 101 cm³/mol. The lowest BCUT2D eigenvalue weighted by molar-refractivity contribution is 0.0953. The molecule has 1 aromatic heterocycles. The minimum atomic E-state index is -0.0635. The van der Waals surface area contributed by atoms with Crippen molar-refractivity contribution in [2.24, 2.45) is 0 Å². The number of nitrogens with zero attached hydrogens (tertiary/aromatic N) is 1. The molecule has 1 unspecified atom stereocenters. The lowest BCUT2D eigenvalue weighted by atomic mass is 10.0. The highest BCUT2D eigenvalue weighted by molar-refractivity contribution is 9.10. The summed E-state index contributed by atoms with van der Waals surface area (Å²) in [4.78, 5) is 17.2. The summed E-state index contributed by atoms with van der Waals surface area (Å²) in [5.41, 5.74) is 3.56. The third kappa shape index (κ3) is 3.65. The van der Waals surface area contributed by atoms with Gasteiger partial charge in [-0.2, -0.15) is 0 Å². The van der Waals surface area contributed by atoms with E-state index in [-0.39, 0.29) is 11.8 Å². The standard InChI is InChI=1S/C20H19BrN2O/c1-13(15-6-4-3-5-7-15)12-22-20(24)18-10-14(2)23-19-9-8-16(21)11-17(18)19/h3-11,13H,12H2,1-2H3,(H,22,24). The van der Waals surface area contributed by atoms with Crippen LogP contribution in [-0.4, -0.2) is 17.4 Å². The van der Waals surface area contributed by atoms with Crippen LogP contribution < -0.4 is 5.32 Å². The van der Waals surface area contributed by atoms with Crippen molar-refractivity contribution in [2.45, 2.75) is 19.8 Å². The number of hydrogen-bond acceptors (Lipinski definition) is 2. The van der Waals surface area contributed by atoms with Crippen molar-refractivity contribution < 1.29 is 4.79 Å². The summed E-state index contributed by atoms with van der Waals surface area (Å²) in [5.74, 6) is 0.197. The second-order valence-corrected chi connectivity index (χ2v) is 6.91. The highest BCUT2D eigenvalue weighted by Crippen LogP contribution is 2.23. The molecule has 0 spiro atoms. The van der Waals surface area contributed by atoms with Gasteiger partial charge in [0.1, 0.15) is 0 Å². The van der Waals surface area contributed by atoms with Crippen LogP contribution in [0.3, 0.4) is 0 Å². The van der Waals surface area contributed by atoms with E-state index in [1.54, 1.807) is 0 Å². The molecule has 4 heteroatoms. The SMILES string of the molecule is Cc1cc(C(=O)NCC(C)c2ccccc2)c2cc(Br)ccc2n1. The zero-order valence-corrected chi connectivity index (χ0v) is 15.3. The van der Waals surface area contributed by atoms with Crippen molar-refractivity contribution in [1.29, 1.82) is 0 Å². The number of aryl methyl sites for hydroxylation is 1. The molecule has 24 heavy (non-hydrogen) atoms. The van der Waals surface area contributed by atoms with Crippen molar-refractivity contribution in [1.82, 2.24) is 10.3 Å². The Labute approximate surface area is 150 Å². The van der Waals surface area contributed by atoms with E-state index < -0.39 is 0 Å². The number of pyridine rings is 1. The Kier molecular flexibility index (Phi) is 4.95. The van der Waals surface area contributed by atoms with E-state index in [0.29, 0.717) is 12.1 Å². The predicted octanol–water partition coefficient (Wildman–Crippen LogP) is 4.84. The van der Waals surface area contributed by atoms with Crippen molar-refractivity contribution in [3.05, 3.63) is 75.9 Å². The van der Waals surface area contributed by atoms with Crippen LogP contribution >= 0.6 is 15.9 Å². The minimum absolute atomic E-state index is 0.0635. The maximum absolute atomic E-state index is 12.7. The van der Waals surface area contributed by atoms with Gasteiger partial charge in [0.15, 0.2) is 0 Å². The van der Waals surface area contributed by atoms with E-state index >= 15 is 0 Å². The summed E-state index contributed by atoms with van der Waals surface area (Å²) in [6.45, 7) is 4.62. The molecule has 1 N–H and O–H groups in total. The minimum Gasteiger partial charge on any atom is -0.351 e. The molecule has 0 aliphatic rings. The maximum Gasteiger partial charge on any atom is 0.252 e. The molecule has 1 amide bonds. The molecule has 0 fully saturated rings. The fourth-order valence-electron chi connectivity index (χ4n) is 2.76. The van der Waals surface area contributed by atoms with Crippen LogP contribution in [0.2, 0.25) is 0 Å². The maximum atomic E-state index is 12.7. The Morgan fingerprint density at radius 2 is 1.92 bits per heavy atom. The van der Waals surface area contributed by atoms with Gasteiger partial charge in [-0.15, -0.1) is 0 Å². The van der Waals surface area contributed by atoms with Gasteiger partial charge in [0.05, 0.1) is 11.1 Å². The topological polar surface area (TPSA) is 42.0 Å². The van der Waals surface area contributed by atoms with Gasteiger partial charge in [-0.05, 0) is 42.7 Å². The summed E-state index contributed by atoms with van der Waals surface area (Å²) < 4.78 is 0.937. The van der Waals surface area contributed by atoms with Gasteiger partial charge in [-0.1, -0.05) is 53.2 Å². The van der Waals surface area contributed by atoms with E-state index in [1.165, 1.54) is 5.56 Å². The average molecular weight is 383 g/mol. The number of rotatable bonds is 4. The number of aromatic nitrogens is 1. The van der Waals surface area contributed by atoms with E-state index in [2.05, 4.69) is 45.3 Å². The smallest absolute Gasteiger partial charge is 0.252 e. The van der Waals surface area contributed by atoms with Gasteiger partial charge in [-0.3, -0.25) is 9.78 Å². The van der Waals surface area contributed by atoms with E-state index in [0.717, 1.165) is 21.1 Å². The van der Waals surface area contributed by atoms with Crippen LogP contribution in [0.5, 0.6) is 0 Å². The number of carbonyl (C=O) groups excluding carboxylic acids is 1. The van der Waals surface area contributed by atoms with Gasteiger partial charge in [0.25, 0.3) is 5.91 Å². The summed E-state index contributed by atoms with van der Waals surface area (Å²) in [7, 11) is 0. The van der Waals surface area contributed by atoms with Gasteiger partial charge >= 0.3 is 0 Å². The molecule has 3 aromatic rings. The molecule has 0 saturated carbocycles. The van der Waals surface area contributed by atoms with E-state index in [4.69, 9.17) is 0 Å². The first-order chi connectivity index (χ1) is 11.5. The Morgan fingerprint density at radius 1 is 1.17 bits per heavy atom. The van der Waals surface area contributed by atoms with Crippen molar-refractivity contribution >= 4 is 32.7 Å². The zero-order chi connectivity index (χ0) is 17.1. The van der Waals surface area contributed by atoms with Crippen molar-refractivity contribution in [3.8, 4) is 0 Å². The first-order valence-electron chi connectivity index (χ1n) is 7.94. The first kappa shape index (κ1) is 16.7. The third-order valence-corrected chi connectivity index (χ3v) is 4.57. The highest BCUT2D eigenvalue weighted by Gasteiger charge is 2.14. The molecular weight excluding hydrogens is 364 g/mol. The summed E-state index contributed by atoms with van der Waals surface area (Å²) >= 11 is 3.47. The third-order valence-electron chi connectivity index (χ3n) is 4.08. The second kappa shape index (κ2) is 7.14. The van der Waals surface area contributed by atoms with Gasteiger partial charge in [0.2, 0.25) is 0 Å². The highest BCUT2D eigenvalue weighted by atomic mass is 79.9. The van der Waals surface area contributed by atoms with Crippen LogP contribution in [-0.2, 0) is 0 Å². The fraction of sp³-hybridized carbons (Fsp3) is 0.200. The largest absolute Gasteiger partial charge is 0.351 e. The molecule has 0 bridgehead atoms. The Hall–Kier alpha value is -2.20. The normalized spacial score (nSPS) is 12.1. The molecule has 3 rings (SSSR count). The molecular formula is C20H19BrN2O. The number of amides is 1. The molecule has 0 aliphatic heterocycles. The molecule has 0 saturated heterocycles. The van der Waals surface area contributed by atoms with E-state index in [1.807, 2.05) is 49.4 Å². The Morgan fingerprint density at radius 3 is 2.67 bits per heavy atom. The summed E-state index contributed by atoms with van der Waals surface area (Å²) in [5, 5.41) is 3.91. The molecule has 0 aliphatic carbocycles.